The molecule has 0 amide bonds. The first kappa shape index (κ1) is 25.5. The predicted octanol–water partition coefficient (Wildman–Crippen LogP) is 1.06. The van der Waals surface area contributed by atoms with Gasteiger partial charge in [-0.25, -0.2) is 0 Å². The third-order valence-electron chi connectivity index (χ3n) is 4.25. The molecule has 0 spiro atoms. The van der Waals surface area contributed by atoms with E-state index in [9.17, 15) is 29.3 Å². The number of nitro groups is 1. The minimum Gasteiger partial charge on any atom is -0.463 e. The monoisotopic (exact) mass is 469 g/mol. The number of hydrogen-bond donors (Lipinski definition) is 0. The third-order valence-corrected chi connectivity index (χ3v) is 4.25. The predicted molar refractivity (Wildman–Crippen MR) is 106 cm³/mol. The molecule has 1 aliphatic heterocycles. The van der Waals surface area contributed by atoms with Gasteiger partial charge in [0.2, 0.25) is 12.4 Å². The Morgan fingerprint density at radius 1 is 0.879 bits per heavy atom. The standard InChI is InChI=1S/C20H23NO12/c1-10(22)28-9-16-17(29-11(2)23)18(30-12(3)24)19(31-13(4)25)20(33-16)32-15-8-6-5-7-14(15)21(26)27/h5-8,16-20H,9H2,1-4H3/t16-,17-,18+,19-,20-/m1/s1. The Morgan fingerprint density at radius 3 is 1.97 bits per heavy atom. The largest absolute Gasteiger partial charge is 0.463 e. The molecule has 1 aromatic carbocycles. The van der Waals surface area contributed by atoms with Crippen molar-refractivity contribution in [3.05, 3.63) is 34.4 Å². The summed E-state index contributed by atoms with van der Waals surface area (Å²) in [5.74, 6) is -3.33. The molecule has 13 heteroatoms. The van der Waals surface area contributed by atoms with Gasteiger partial charge in [0.25, 0.3) is 0 Å². The number of hydrogen-bond acceptors (Lipinski definition) is 12. The SMILES string of the molecule is CC(=O)OC[C@H]1O[C@@H](Oc2ccccc2[N+](=O)[O-])[C@H](OC(C)=O)[C@@H](OC(C)=O)[C@@H]1OC(C)=O. The first-order valence-electron chi connectivity index (χ1n) is 9.70. The highest BCUT2D eigenvalue weighted by molar-refractivity contribution is 5.68. The summed E-state index contributed by atoms with van der Waals surface area (Å²) < 4.78 is 32.1. The van der Waals surface area contributed by atoms with Crippen LogP contribution in [-0.4, -0.2) is 66.1 Å². The smallest absolute Gasteiger partial charge is 0.311 e. The van der Waals surface area contributed by atoms with Crippen molar-refractivity contribution >= 4 is 29.6 Å². The number of rotatable bonds is 8. The van der Waals surface area contributed by atoms with Crippen LogP contribution >= 0.6 is 0 Å². The van der Waals surface area contributed by atoms with Crippen LogP contribution in [0, 0.1) is 10.1 Å². The highest BCUT2D eigenvalue weighted by Gasteiger charge is 2.53. The summed E-state index contributed by atoms with van der Waals surface area (Å²) >= 11 is 0. The molecule has 0 saturated carbocycles. The fourth-order valence-corrected chi connectivity index (χ4v) is 3.12. The van der Waals surface area contributed by atoms with Gasteiger partial charge in [-0.05, 0) is 6.07 Å². The van der Waals surface area contributed by atoms with Crippen molar-refractivity contribution in [3.63, 3.8) is 0 Å². The molecular weight excluding hydrogens is 446 g/mol. The van der Waals surface area contributed by atoms with Gasteiger partial charge >= 0.3 is 29.6 Å². The molecule has 0 unspecified atom stereocenters. The fraction of sp³-hybridized carbons (Fsp3) is 0.500. The number of benzene rings is 1. The zero-order chi connectivity index (χ0) is 24.7. The van der Waals surface area contributed by atoms with Crippen molar-refractivity contribution in [3.8, 4) is 5.75 Å². The van der Waals surface area contributed by atoms with Crippen LogP contribution in [0.15, 0.2) is 24.3 Å². The van der Waals surface area contributed by atoms with Gasteiger partial charge in [0.05, 0.1) is 4.92 Å². The number of ether oxygens (including phenoxy) is 6. The zero-order valence-corrected chi connectivity index (χ0v) is 18.2. The van der Waals surface area contributed by atoms with Gasteiger partial charge < -0.3 is 28.4 Å². The summed E-state index contributed by atoms with van der Waals surface area (Å²) in [7, 11) is 0. The van der Waals surface area contributed by atoms with E-state index < -0.39 is 71.8 Å². The summed E-state index contributed by atoms with van der Waals surface area (Å²) in [4.78, 5) is 57.3. The van der Waals surface area contributed by atoms with Crippen molar-refractivity contribution in [2.24, 2.45) is 0 Å². The number of carbonyl (C=O) groups is 4. The molecule has 5 atom stereocenters. The molecule has 1 aliphatic rings. The molecule has 2 rings (SSSR count). The van der Waals surface area contributed by atoms with Crippen molar-refractivity contribution in [1.29, 1.82) is 0 Å². The lowest BCUT2D eigenvalue weighted by Gasteiger charge is -2.43. The summed E-state index contributed by atoms with van der Waals surface area (Å²) in [6.07, 6.45) is -7.10. The topological polar surface area (TPSA) is 167 Å². The van der Waals surface area contributed by atoms with E-state index in [-0.39, 0.29) is 5.75 Å². The highest BCUT2D eigenvalue weighted by Crippen LogP contribution is 2.34. The van der Waals surface area contributed by atoms with Gasteiger partial charge in [-0.3, -0.25) is 29.3 Å². The average molecular weight is 469 g/mol. The lowest BCUT2D eigenvalue weighted by molar-refractivity contribution is -0.387. The van der Waals surface area contributed by atoms with Crippen molar-refractivity contribution < 1.29 is 52.5 Å². The molecule has 0 radical (unpaired) electrons. The number of esters is 4. The molecule has 1 fully saturated rings. The Kier molecular flexibility index (Phi) is 8.68. The van der Waals surface area contributed by atoms with Crippen molar-refractivity contribution in [2.75, 3.05) is 6.61 Å². The minimum absolute atomic E-state index is 0.233. The number of nitrogens with zero attached hydrogens (tertiary/aromatic N) is 1. The van der Waals surface area contributed by atoms with Crippen LogP contribution in [0.25, 0.3) is 0 Å². The van der Waals surface area contributed by atoms with Crippen molar-refractivity contribution in [1.82, 2.24) is 0 Å². The van der Waals surface area contributed by atoms with Crippen LogP contribution in [0.1, 0.15) is 27.7 Å². The Hall–Kier alpha value is -3.74. The van der Waals surface area contributed by atoms with Gasteiger partial charge in [-0.15, -0.1) is 0 Å². The average Bonchev–Trinajstić information content (AvgIpc) is 2.70. The first-order chi connectivity index (χ1) is 15.5. The Balaban J connectivity index is 2.51. The van der Waals surface area contributed by atoms with Crippen LogP contribution in [0.3, 0.4) is 0 Å². The van der Waals surface area contributed by atoms with Gasteiger partial charge in [-0.2, -0.15) is 0 Å². The Morgan fingerprint density at radius 2 is 1.42 bits per heavy atom. The summed E-state index contributed by atoms with van der Waals surface area (Å²) in [5.41, 5.74) is -0.412. The van der Waals surface area contributed by atoms with E-state index in [1.807, 2.05) is 0 Å². The van der Waals surface area contributed by atoms with Crippen molar-refractivity contribution in [2.45, 2.75) is 58.4 Å². The van der Waals surface area contributed by atoms with E-state index in [2.05, 4.69) is 0 Å². The molecule has 0 bridgehead atoms. The second kappa shape index (κ2) is 11.2. The van der Waals surface area contributed by atoms with Crippen LogP contribution in [-0.2, 0) is 42.9 Å². The second-order valence-electron chi connectivity index (χ2n) is 6.91. The van der Waals surface area contributed by atoms with Crippen LogP contribution < -0.4 is 4.74 Å². The lowest BCUT2D eigenvalue weighted by Crippen LogP contribution is -2.63. The van der Waals surface area contributed by atoms with E-state index in [4.69, 9.17) is 28.4 Å². The molecule has 0 N–H and O–H groups in total. The van der Waals surface area contributed by atoms with Crippen LogP contribution in [0.5, 0.6) is 5.75 Å². The van der Waals surface area contributed by atoms with Gasteiger partial charge in [0, 0.05) is 33.8 Å². The normalized spacial score (nSPS) is 24.2. The lowest BCUT2D eigenvalue weighted by atomic mass is 9.98. The van der Waals surface area contributed by atoms with E-state index in [0.717, 1.165) is 27.7 Å². The molecule has 1 saturated heterocycles. The van der Waals surface area contributed by atoms with E-state index in [1.165, 1.54) is 24.3 Å². The highest BCUT2D eigenvalue weighted by atomic mass is 16.7. The maximum absolute atomic E-state index is 11.8. The molecule has 0 aromatic heterocycles. The van der Waals surface area contributed by atoms with E-state index in [0.29, 0.717) is 0 Å². The van der Waals surface area contributed by atoms with E-state index >= 15 is 0 Å². The maximum Gasteiger partial charge on any atom is 0.311 e. The van der Waals surface area contributed by atoms with Crippen LogP contribution in [0.4, 0.5) is 5.69 Å². The quantitative estimate of drug-likeness (QED) is 0.230. The van der Waals surface area contributed by atoms with Gasteiger partial charge in [0.15, 0.2) is 18.0 Å². The number of para-hydroxylation sites is 2. The second-order valence-corrected chi connectivity index (χ2v) is 6.91. The van der Waals surface area contributed by atoms with Crippen LogP contribution in [0.2, 0.25) is 0 Å². The molecule has 33 heavy (non-hydrogen) atoms. The molecule has 13 nitrogen and oxygen atoms in total. The third kappa shape index (κ3) is 7.14. The summed E-state index contributed by atoms with van der Waals surface area (Å²) in [6, 6.07) is 5.35. The Labute approximate surface area is 188 Å². The minimum atomic E-state index is -1.56. The van der Waals surface area contributed by atoms with E-state index in [1.54, 1.807) is 0 Å². The molecule has 1 aromatic rings. The van der Waals surface area contributed by atoms with Gasteiger partial charge in [-0.1, -0.05) is 12.1 Å². The molecule has 180 valence electrons. The molecule has 0 aliphatic carbocycles. The molecular formula is C20H23NO12. The fourth-order valence-electron chi connectivity index (χ4n) is 3.12. The maximum atomic E-state index is 11.8. The number of carbonyl (C=O) groups excluding carboxylic acids is 4. The summed E-state index contributed by atoms with van der Waals surface area (Å²) in [6.45, 7) is 3.91. The molecule has 1 heterocycles. The summed E-state index contributed by atoms with van der Waals surface area (Å²) in [5, 5.41) is 11.4. The zero-order valence-electron chi connectivity index (χ0n) is 18.2. The number of nitro benzene ring substituents is 1. The first-order valence-corrected chi connectivity index (χ1v) is 9.70. The van der Waals surface area contributed by atoms with Gasteiger partial charge in [0.1, 0.15) is 12.7 Å². The Bertz CT molecular complexity index is 916.